The van der Waals surface area contributed by atoms with Crippen LogP contribution in [-0.2, 0) is 9.59 Å². The van der Waals surface area contributed by atoms with Crippen molar-refractivity contribution >= 4 is 29.2 Å². The molecule has 2 N–H and O–H groups in total. The molecule has 8 heteroatoms. The van der Waals surface area contributed by atoms with E-state index in [0.29, 0.717) is 43.1 Å². The number of carbonyl (C=O) groups excluding carboxylic acids is 3. The molecule has 3 rings (SSSR count). The molecular formula is C19H26N4O4. The molecule has 2 aliphatic rings. The van der Waals surface area contributed by atoms with E-state index in [4.69, 9.17) is 4.74 Å². The zero-order valence-corrected chi connectivity index (χ0v) is 15.8. The molecule has 8 nitrogen and oxygen atoms in total. The molecule has 0 spiro atoms. The summed E-state index contributed by atoms with van der Waals surface area (Å²) in [5, 5.41) is 5.64. The lowest BCUT2D eigenvalue weighted by Gasteiger charge is -2.22. The minimum atomic E-state index is -0.349. The molecule has 2 heterocycles. The molecule has 27 heavy (non-hydrogen) atoms. The van der Waals surface area contributed by atoms with Crippen molar-refractivity contribution in [2.45, 2.75) is 38.6 Å². The molecule has 0 unspecified atom stereocenters. The SMILES string of the molecule is COc1ccc(NC(=O)N[C@@H](C)CN2CCCC2=O)cc1N1CCCC1=O. The highest BCUT2D eigenvalue weighted by Crippen LogP contribution is 2.34. The van der Waals surface area contributed by atoms with E-state index in [0.717, 1.165) is 19.4 Å². The van der Waals surface area contributed by atoms with Crippen molar-refractivity contribution in [3.63, 3.8) is 0 Å². The third kappa shape index (κ3) is 4.50. The Bertz CT molecular complexity index is 736. The van der Waals surface area contributed by atoms with Gasteiger partial charge in [-0.15, -0.1) is 0 Å². The lowest BCUT2D eigenvalue weighted by Crippen LogP contribution is -2.44. The molecule has 2 fully saturated rings. The van der Waals surface area contributed by atoms with Crippen LogP contribution in [0.4, 0.5) is 16.2 Å². The van der Waals surface area contributed by atoms with Gasteiger partial charge in [-0.25, -0.2) is 4.79 Å². The number of ether oxygens (including phenoxy) is 1. The highest BCUT2D eigenvalue weighted by atomic mass is 16.5. The van der Waals surface area contributed by atoms with Gasteiger partial charge in [-0.05, 0) is 38.0 Å². The standard InChI is InChI=1S/C19H26N4O4/c1-13(12-22-9-3-5-17(22)24)20-19(26)21-14-7-8-16(27-2)15(11-14)23-10-4-6-18(23)25/h7-8,11,13H,3-6,9-10,12H2,1-2H3,(H2,20,21,26)/t13-/m0/s1. The molecule has 0 saturated carbocycles. The van der Waals surface area contributed by atoms with Crippen molar-refractivity contribution in [1.82, 2.24) is 10.2 Å². The number of rotatable bonds is 6. The number of hydrogen-bond donors (Lipinski definition) is 2. The maximum Gasteiger partial charge on any atom is 0.319 e. The van der Waals surface area contributed by atoms with Gasteiger partial charge in [0.05, 0.1) is 12.8 Å². The average molecular weight is 374 g/mol. The van der Waals surface area contributed by atoms with Crippen molar-refractivity contribution in [2.75, 3.05) is 37.0 Å². The van der Waals surface area contributed by atoms with Crippen molar-refractivity contribution in [3.8, 4) is 5.75 Å². The predicted octanol–water partition coefficient (Wildman–Crippen LogP) is 1.95. The molecule has 0 radical (unpaired) electrons. The normalized spacial score (nSPS) is 18.0. The molecule has 4 amide bonds. The third-order valence-corrected chi connectivity index (χ3v) is 4.84. The molecule has 1 aromatic rings. The Morgan fingerprint density at radius 2 is 1.93 bits per heavy atom. The van der Waals surface area contributed by atoms with E-state index in [2.05, 4.69) is 10.6 Å². The Hall–Kier alpha value is -2.77. The van der Waals surface area contributed by atoms with E-state index in [-0.39, 0.29) is 23.9 Å². The van der Waals surface area contributed by atoms with E-state index in [1.165, 1.54) is 0 Å². The lowest BCUT2D eigenvalue weighted by molar-refractivity contribution is -0.128. The van der Waals surface area contributed by atoms with Crippen molar-refractivity contribution in [3.05, 3.63) is 18.2 Å². The number of amides is 4. The Kier molecular flexibility index (Phi) is 5.83. The molecule has 1 atom stereocenters. The van der Waals surface area contributed by atoms with Crippen LogP contribution in [0.15, 0.2) is 18.2 Å². The first-order chi connectivity index (χ1) is 13.0. The van der Waals surface area contributed by atoms with Gasteiger partial charge in [0.2, 0.25) is 11.8 Å². The predicted molar refractivity (Wildman–Crippen MR) is 102 cm³/mol. The van der Waals surface area contributed by atoms with Gasteiger partial charge in [0, 0.05) is 44.2 Å². The maximum absolute atomic E-state index is 12.3. The molecule has 0 aliphatic carbocycles. The Morgan fingerprint density at radius 1 is 1.19 bits per heavy atom. The van der Waals surface area contributed by atoms with E-state index >= 15 is 0 Å². The molecule has 0 bridgehead atoms. The fourth-order valence-electron chi connectivity index (χ4n) is 3.55. The summed E-state index contributed by atoms with van der Waals surface area (Å²) in [4.78, 5) is 39.5. The quantitative estimate of drug-likeness (QED) is 0.796. The van der Waals surface area contributed by atoms with Crippen LogP contribution in [0.2, 0.25) is 0 Å². The number of benzene rings is 1. The topological polar surface area (TPSA) is 91.0 Å². The summed E-state index contributed by atoms with van der Waals surface area (Å²) >= 11 is 0. The van der Waals surface area contributed by atoms with Gasteiger partial charge in [-0.3, -0.25) is 9.59 Å². The Labute approximate surface area is 158 Å². The summed E-state index contributed by atoms with van der Waals surface area (Å²) in [7, 11) is 1.56. The molecule has 0 aromatic heterocycles. The van der Waals surface area contributed by atoms with Crippen LogP contribution in [0.25, 0.3) is 0 Å². The largest absolute Gasteiger partial charge is 0.495 e. The molecule has 146 valence electrons. The summed E-state index contributed by atoms with van der Waals surface area (Å²) in [6.07, 6.45) is 2.80. The number of urea groups is 1. The van der Waals surface area contributed by atoms with E-state index in [1.807, 2.05) is 6.92 Å². The number of carbonyl (C=O) groups is 3. The minimum absolute atomic E-state index is 0.0544. The summed E-state index contributed by atoms with van der Waals surface area (Å²) < 4.78 is 5.36. The number of likely N-dealkylation sites (tertiary alicyclic amines) is 1. The van der Waals surface area contributed by atoms with Gasteiger partial charge >= 0.3 is 6.03 Å². The highest BCUT2D eigenvalue weighted by Gasteiger charge is 2.25. The number of methoxy groups -OCH3 is 1. The van der Waals surface area contributed by atoms with E-state index in [9.17, 15) is 14.4 Å². The zero-order chi connectivity index (χ0) is 19.4. The second-order valence-electron chi connectivity index (χ2n) is 6.98. The van der Waals surface area contributed by atoms with Crippen LogP contribution in [0.5, 0.6) is 5.75 Å². The van der Waals surface area contributed by atoms with Crippen molar-refractivity contribution in [1.29, 1.82) is 0 Å². The van der Waals surface area contributed by atoms with Gasteiger partial charge in [0.25, 0.3) is 0 Å². The smallest absolute Gasteiger partial charge is 0.319 e. The second-order valence-corrected chi connectivity index (χ2v) is 6.98. The maximum atomic E-state index is 12.3. The summed E-state index contributed by atoms with van der Waals surface area (Å²) in [6.45, 7) is 3.76. The van der Waals surface area contributed by atoms with E-state index in [1.54, 1.807) is 35.1 Å². The summed E-state index contributed by atoms with van der Waals surface area (Å²) in [5.74, 6) is 0.787. The number of nitrogens with one attached hydrogen (secondary N) is 2. The van der Waals surface area contributed by atoms with Crippen LogP contribution >= 0.6 is 0 Å². The highest BCUT2D eigenvalue weighted by molar-refractivity contribution is 5.98. The molecule has 2 saturated heterocycles. The Morgan fingerprint density at radius 3 is 2.56 bits per heavy atom. The number of nitrogens with zero attached hydrogens (tertiary/aromatic N) is 2. The van der Waals surface area contributed by atoms with Crippen molar-refractivity contribution < 1.29 is 19.1 Å². The lowest BCUT2D eigenvalue weighted by atomic mass is 10.2. The van der Waals surface area contributed by atoms with Crippen molar-refractivity contribution in [2.24, 2.45) is 0 Å². The van der Waals surface area contributed by atoms with Gasteiger partial charge in [-0.1, -0.05) is 0 Å². The summed E-state index contributed by atoms with van der Waals surface area (Å²) in [5.41, 5.74) is 1.24. The van der Waals surface area contributed by atoms with Crippen LogP contribution < -0.4 is 20.3 Å². The van der Waals surface area contributed by atoms with Crippen LogP contribution in [0, 0.1) is 0 Å². The van der Waals surface area contributed by atoms with E-state index < -0.39 is 0 Å². The van der Waals surface area contributed by atoms with Crippen LogP contribution in [0.1, 0.15) is 32.6 Å². The first kappa shape index (κ1) is 19.0. The monoisotopic (exact) mass is 374 g/mol. The zero-order valence-electron chi connectivity index (χ0n) is 15.8. The number of anilines is 2. The fraction of sp³-hybridized carbons (Fsp3) is 0.526. The van der Waals surface area contributed by atoms with Gasteiger partial charge < -0.3 is 25.2 Å². The third-order valence-electron chi connectivity index (χ3n) is 4.84. The first-order valence-electron chi connectivity index (χ1n) is 9.31. The van der Waals surface area contributed by atoms with Gasteiger partial charge in [0.15, 0.2) is 0 Å². The minimum Gasteiger partial charge on any atom is -0.495 e. The Balaban J connectivity index is 1.61. The molecule has 1 aromatic carbocycles. The summed E-state index contributed by atoms with van der Waals surface area (Å²) in [6, 6.07) is 4.71. The van der Waals surface area contributed by atoms with Crippen LogP contribution in [0.3, 0.4) is 0 Å². The van der Waals surface area contributed by atoms with Gasteiger partial charge in [-0.2, -0.15) is 0 Å². The number of hydrogen-bond acceptors (Lipinski definition) is 4. The molecular weight excluding hydrogens is 348 g/mol. The second kappa shape index (κ2) is 8.28. The fourth-order valence-corrected chi connectivity index (χ4v) is 3.55. The molecule has 2 aliphatic heterocycles. The van der Waals surface area contributed by atoms with Gasteiger partial charge in [0.1, 0.15) is 5.75 Å². The van der Waals surface area contributed by atoms with Crippen LogP contribution in [-0.4, -0.2) is 55.5 Å². The average Bonchev–Trinajstić information content (AvgIpc) is 3.23. The first-order valence-corrected chi connectivity index (χ1v) is 9.31.